The van der Waals surface area contributed by atoms with Gasteiger partial charge in [-0.3, -0.25) is 0 Å². The van der Waals surface area contributed by atoms with E-state index in [2.05, 4.69) is 20.9 Å². The van der Waals surface area contributed by atoms with Gasteiger partial charge in [-0.15, -0.1) is 0 Å². The van der Waals surface area contributed by atoms with Gasteiger partial charge < -0.3 is 10.5 Å². The lowest BCUT2D eigenvalue weighted by molar-refractivity contribution is 0.453. The maximum absolute atomic E-state index is 5.86. The highest BCUT2D eigenvalue weighted by molar-refractivity contribution is 9.10. The summed E-state index contributed by atoms with van der Waals surface area (Å²) in [6.07, 6.45) is 2.49. The normalized spacial score (nSPS) is 10.4. The summed E-state index contributed by atoms with van der Waals surface area (Å²) in [5.41, 5.74) is 7.68. The van der Waals surface area contributed by atoms with Crippen LogP contribution in [0.15, 0.2) is 41.0 Å². The number of rotatable bonds is 4. The van der Waals surface area contributed by atoms with E-state index in [1.807, 2.05) is 37.3 Å². The molecule has 0 aliphatic rings. The van der Waals surface area contributed by atoms with Crippen LogP contribution in [-0.4, -0.2) is 11.5 Å². The second-order valence-electron chi connectivity index (χ2n) is 4.02. The summed E-state index contributed by atoms with van der Waals surface area (Å²) in [6, 6.07) is 9.78. The van der Waals surface area contributed by atoms with Crippen molar-refractivity contribution in [2.75, 3.05) is 6.54 Å². The fraction of sp³-hybridized carbons (Fsp3) is 0.214. The number of nitrogens with zero attached hydrogens (tertiary/aromatic N) is 1. The second-order valence-corrected chi connectivity index (χ2v) is 4.93. The predicted octanol–water partition coefficient (Wildman–Crippen LogP) is 3.45. The number of benzene rings is 1. The van der Waals surface area contributed by atoms with Gasteiger partial charge >= 0.3 is 0 Å². The van der Waals surface area contributed by atoms with Gasteiger partial charge in [0.2, 0.25) is 5.88 Å². The van der Waals surface area contributed by atoms with E-state index in [0.29, 0.717) is 12.4 Å². The molecule has 0 unspecified atom stereocenters. The number of halogens is 1. The molecule has 94 valence electrons. The standard InChI is InChI=1S/C14H15BrN2O/c1-10-9-12(15)4-5-13(10)18-14-11(6-7-16)3-2-8-17-14/h2-5,8-9H,6-7,16H2,1H3. The molecule has 2 aromatic rings. The highest BCUT2D eigenvalue weighted by atomic mass is 79.9. The molecule has 0 spiro atoms. The first-order valence-electron chi connectivity index (χ1n) is 5.78. The van der Waals surface area contributed by atoms with Crippen LogP contribution in [0.3, 0.4) is 0 Å². The van der Waals surface area contributed by atoms with Crippen LogP contribution >= 0.6 is 15.9 Å². The molecule has 1 aromatic carbocycles. The van der Waals surface area contributed by atoms with Crippen molar-refractivity contribution in [1.82, 2.24) is 4.98 Å². The SMILES string of the molecule is Cc1cc(Br)ccc1Oc1ncccc1CCN. The smallest absolute Gasteiger partial charge is 0.222 e. The van der Waals surface area contributed by atoms with Crippen molar-refractivity contribution in [2.45, 2.75) is 13.3 Å². The molecule has 0 aliphatic carbocycles. The number of pyridine rings is 1. The Bertz CT molecular complexity index is 543. The molecule has 0 fully saturated rings. The molecule has 0 saturated heterocycles. The molecule has 0 bridgehead atoms. The van der Waals surface area contributed by atoms with E-state index in [-0.39, 0.29) is 0 Å². The van der Waals surface area contributed by atoms with Crippen molar-refractivity contribution < 1.29 is 4.74 Å². The fourth-order valence-corrected chi connectivity index (χ4v) is 2.17. The molecule has 0 saturated carbocycles. The van der Waals surface area contributed by atoms with Crippen molar-refractivity contribution in [3.8, 4) is 11.6 Å². The van der Waals surface area contributed by atoms with Gasteiger partial charge in [-0.25, -0.2) is 4.98 Å². The van der Waals surface area contributed by atoms with E-state index < -0.39 is 0 Å². The largest absolute Gasteiger partial charge is 0.438 e. The first kappa shape index (κ1) is 13.1. The molecule has 18 heavy (non-hydrogen) atoms. The first-order valence-corrected chi connectivity index (χ1v) is 6.58. The highest BCUT2D eigenvalue weighted by Crippen LogP contribution is 2.28. The molecule has 3 nitrogen and oxygen atoms in total. The number of aryl methyl sites for hydroxylation is 1. The van der Waals surface area contributed by atoms with Crippen molar-refractivity contribution in [3.05, 3.63) is 52.1 Å². The van der Waals surface area contributed by atoms with E-state index in [1.165, 1.54) is 0 Å². The number of aromatic nitrogens is 1. The summed E-state index contributed by atoms with van der Waals surface area (Å²) in [6.45, 7) is 2.59. The van der Waals surface area contributed by atoms with Gasteiger partial charge in [-0.1, -0.05) is 22.0 Å². The van der Waals surface area contributed by atoms with Crippen molar-refractivity contribution in [2.24, 2.45) is 5.73 Å². The van der Waals surface area contributed by atoms with E-state index >= 15 is 0 Å². The van der Waals surface area contributed by atoms with Gasteiger partial charge in [-0.2, -0.15) is 0 Å². The van der Waals surface area contributed by atoms with Gasteiger partial charge in [0.25, 0.3) is 0 Å². The van der Waals surface area contributed by atoms with Crippen LogP contribution in [-0.2, 0) is 6.42 Å². The zero-order chi connectivity index (χ0) is 13.0. The quantitative estimate of drug-likeness (QED) is 0.941. The van der Waals surface area contributed by atoms with Crippen LogP contribution in [0.4, 0.5) is 0 Å². The van der Waals surface area contributed by atoms with Gasteiger partial charge in [0.1, 0.15) is 5.75 Å². The number of hydrogen-bond acceptors (Lipinski definition) is 3. The van der Waals surface area contributed by atoms with Gasteiger partial charge in [-0.05, 0) is 49.7 Å². The lowest BCUT2D eigenvalue weighted by Gasteiger charge is -2.11. The Labute approximate surface area is 115 Å². The lowest BCUT2D eigenvalue weighted by Crippen LogP contribution is -2.05. The fourth-order valence-electron chi connectivity index (χ4n) is 1.69. The summed E-state index contributed by atoms with van der Waals surface area (Å²) >= 11 is 3.43. The van der Waals surface area contributed by atoms with Gasteiger partial charge in [0.05, 0.1) is 0 Å². The van der Waals surface area contributed by atoms with Crippen LogP contribution in [0.2, 0.25) is 0 Å². The molecule has 4 heteroatoms. The predicted molar refractivity (Wildman–Crippen MR) is 75.9 cm³/mol. The third-order valence-electron chi connectivity index (χ3n) is 2.61. The van der Waals surface area contributed by atoms with Crippen LogP contribution < -0.4 is 10.5 Å². The number of ether oxygens (including phenoxy) is 1. The van der Waals surface area contributed by atoms with Crippen molar-refractivity contribution in [1.29, 1.82) is 0 Å². The van der Waals surface area contributed by atoms with Gasteiger partial charge in [0.15, 0.2) is 0 Å². The molecular formula is C14H15BrN2O. The minimum atomic E-state index is 0.585. The molecule has 1 heterocycles. The maximum atomic E-state index is 5.86. The zero-order valence-electron chi connectivity index (χ0n) is 10.2. The molecule has 0 aliphatic heterocycles. The van der Waals surface area contributed by atoms with Gasteiger partial charge in [0, 0.05) is 16.2 Å². The molecular weight excluding hydrogens is 292 g/mol. The van der Waals surface area contributed by atoms with E-state index in [0.717, 1.165) is 27.8 Å². The summed E-state index contributed by atoms with van der Waals surface area (Å²) in [4.78, 5) is 4.27. The number of hydrogen-bond donors (Lipinski definition) is 1. The summed E-state index contributed by atoms with van der Waals surface area (Å²) < 4.78 is 6.90. The Morgan fingerprint density at radius 3 is 2.89 bits per heavy atom. The minimum Gasteiger partial charge on any atom is -0.438 e. The second kappa shape index (κ2) is 5.98. The molecule has 2 rings (SSSR count). The molecule has 0 radical (unpaired) electrons. The van der Waals surface area contributed by atoms with Crippen LogP contribution in [0.5, 0.6) is 11.6 Å². The molecule has 0 amide bonds. The Morgan fingerprint density at radius 2 is 2.17 bits per heavy atom. The Kier molecular flexibility index (Phi) is 4.33. The maximum Gasteiger partial charge on any atom is 0.222 e. The Morgan fingerprint density at radius 1 is 1.33 bits per heavy atom. The molecule has 2 N–H and O–H groups in total. The highest BCUT2D eigenvalue weighted by Gasteiger charge is 2.07. The van der Waals surface area contributed by atoms with Crippen molar-refractivity contribution in [3.63, 3.8) is 0 Å². The van der Waals surface area contributed by atoms with Crippen LogP contribution in [0.25, 0.3) is 0 Å². The van der Waals surface area contributed by atoms with Crippen LogP contribution in [0.1, 0.15) is 11.1 Å². The minimum absolute atomic E-state index is 0.585. The third-order valence-corrected chi connectivity index (χ3v) is 3.10. The summed E-state index contributed by atoms with van der Waals surface area (Å²) in [7, 11) is 0. The third kappa shape index (κ3) is 3.09. The Hall–Kier alpha value is -1.39. The first-order chi connectivity index (χ1) is 8.70. The summed E-state index contributed by atoms with van der Waals surface area (Å²) in [5.74, 6) is 1.45. The van der Waals surface area contributed by atoms with E-state index in [9.17, 15) is 0 Å². The topological polar surface area (TPSA) is 48.1 Å². The van der Waals surface area contributed by atoms with Crippen molar-refractivity contribution >= 4 is 15.9 Å². The number of nitrogens with two attached hydrogens (primary N) is 1. The van der Waals surface area contributed by atoms with E-state index in [1.54, 1.807) is 6.20 Å². The zero-order valence-corrected chi connectivity index (χ0v) is 11.8. The monoisotopic (exact) mass is 306 g/mol. The Balaban J connectivity index is 2.28. The average molecular weight is 307 g/mol. The van der Waals surface area contributed by atoms with E-state index in [4.69, 9.17) is 10.5 Å². The molecule has 0 atom stereocenters. The average Bonchev–Trinajstić information content (AvgIpc) is 2.35. The molecule has 1 aromatic heterocycles. The lowest BCUT2D eigenvalue weighted by atomic mass is 10.2. The summed E-state index contributed by atoms with van der Waals surface area (Å²) in [5, 5.41) is 0. The van der Waals surface area contributed by atoms with Crippen LogP contribution in [0, 0.1) is 6.92 Å².